The number of hydrogen-bond donors (Lipinski definition) is 1. The zero-order chi connectivity index (χ0) is 19.7. The lowest BCUT2D eigenvalue weighted by atomic mass is 10.0. The minimum atomic E-state index is 0.244. The number of rotatable bonds is 4. The van der Waals surface area contributed by atoms with Crippen LogP contribution in [0.15, 0.2) is 36.7 Å². The van der Waals surface area contributed by atoms with E-state index in [1.807, 2.05) is 23.1 Å². The first-order valence-electron chi connectivity index (χ1n) is 9.64. The summed E-state index contributed by atoms with van der Waals surface area (Å²) in [6.45, 7) is 9.70. The van der Waals surface area contributed by atoms with Gasteiger partial charge in [0.2, 0.25) is 0 Å². The highest BCUT2D eigenvalue weighted by atomic mass is 16.5. The van der Waals surface area contributed by atoms with E-state index in [1.165, 1.54) is 11.3 Å². The lowest BCUT2D eigenvalue weighted by Crippen LogP contribution is -2.36. The van der Waals surface area contributed by atoms with Crippen molar-refractivity contribution >= 4 is 11.5 Å². The highest BCUT2D eigenvalue weighted by Crippen LogP contribution is 2.31. The number of nitrogen functional groups attached to an aromatic ring is 1. The largest absolute Gasteiger partial charge is 0.383 e. The summed E-state index contributed by atoms with van der Waals surface area (Å²) in [5, 5.41) is 8.45. The van der Waals surface area contributed by atoms with Gasteiger partial charge in [0, 0.05) is 42.1 Å². The Bertz CT molecular complexity index is 975. The second-order valence-corrected chi connectivity index (χ2v) is 7.44. The van der Waals surface area contributed by atoms with E-state index >= 15 is 0 Å². The lowest BCUT2D eigenvalue weighted by Gasteiger charge is -2.30. The SMILES string of the molecule is Cc1cc(-c2cnc(N)c(-c3cn(C(C)C)nn3)c2)ccc1N1CCOCC1. The number of aryl methyl sites for hydroxylation is 1. The van der Waals surface area contributed by atoms with Gasteiger partial charge in [-0.15, -0.1) is 5.10 Å². The van der Waals surface area contributed by atoms with E-state index < -0.39 is 0 Å². The highest BCUT2D eigenvalue weighted by Gasteiger charge is 2.15. The molecule has 7 heteroatoms. The van der Waals surface area contributed by atoms with Crippen molar-refractivity contribution < 1.29 is 4.74 Å². The number of ether oxygens (including phenoxy) is 1. The molecule has 1 saturated heterocycles. The molecule has 28 heavy (non-hydrogen) atoms. The molecule has 3 heterocycles. The van der Waals surface area contributed by atoms with Gasteiger partial charge in [-0.1, -0.05) is 11.3 Å². The van der Waals surface area contributed by atoms with Gasteiger partial charge in [-0.25, -0.2) is 9.67 Å². The van der Waals surface area contributed by atoms with E-state index in [-0.39, 0.29) is 6.04 Å². The Morgan fingerprint density at radius 3 is 2.57 bits per heavy atom. The molecule has 7 nitrogen and oxygen atoms in total. The summed E-state index contributed by atoms with van der Waals surface area (Å²) in [5.41, 5.74) is 12.3. The first kappa shape index (κ1) is 18.4. The summed E-state index contributed by atoms with van der Waals surface area (Å²) in [5.74, 6) is 0.459. The fourth-order valence-electron chi connectivity index (χ4n) is 3.48. The van der Waals surface area contributed by atoms with Gasteiger partial charge < -0.3 is 15.4 Å². The number of hydrogen-bond acceptors (Lipinski definition) is 6. The van der Waals surface area contributed by atoms with Crippen molar-refractivity contribution in [2.75, 3.05) is 36.9 Å². The fourth-order valence-corrected chi connectivity index (χ4v) is 3.48. The Labute approximate surface area is 165 Å². The molecule has 0 radical (unpaired) electrons. The number of nitrogens with zero attached hydrogens (tertiary/aromatic N) is 5. The Balaban J connectivity index is 1.66. The van der Waals surface area contributed by atoms with Crippen molar-refractivity contribution in [2.24, 2.45) is 0 Å². The molecule has 1 aromatic carbocycles. The van der Waals surface area contributed by atoms with Crippen LogP contribution in [0.1, 0.15) is 25.5 Å². The van der Waals surface area contributed by atoms with Gasteiger partial charge in [0.15, 0.2) is 0 Å². The van der Waals surface area contributed by atoms with Crippen LogP contribution >= 0.6 is 0 Å². The van der Waals surface area contributed by atoms with Crippen molar-refractivity contribution in [3.8, 4) is 22.4 Å². The smallest absolute Gasteiger partial charge is 0.132 e. The van der Waals surface area contributed by atoms with Crippen molar-refractivity contribution in [2.45, 2.75) is 26.8 Å². The van der Waals surface area contributed by atoms with Crippen LogP contribution in [0.5, 0.6) is 0 Å². The molecule has 1 aliphatic rings. The van der Waals surface area contributed by atoms with Gasteiger partial charge in [0.05, 0.1) is 19.4 Å². The van der Waals surface area contributed by atoms with Crippen molar-refractivity contribution in [1.29, 1.82) is 0 Å². The Hall–Kier alpha value is -2.93. The summed E-state index contributed by atoms with van der Waals surface area (Å²) in [6, 6.07) is 8.81. The molecule has 0 saturated carbocycles. The van der Waals surface area contributed by atoms with E-state index in [2.05, 4.69) is 59.2 Å². The number of anilines is 2. The second kappa shape index (κ2) is 7.59. The van der Waals surface area contributed by atoms with E-state index in [9.17, 15) is 0 Å². The third-order valence-corrected chi connectivity index (χ3v) is 5.12. The molecular weight excluding hydrogens is 352 g/mol. The maximum atomic E-state index is 6.13. The molecule has 1 fully saturated rings. The molecule has 3 aromatic rings. The maximum absolute atomic E-state index is 6.13. The number of pyridine rings is 1. The molecule has 0 bridgehead atoms. The highest BCUT2D eigenvalue weighted by molar-refractivity contribution is 5.78. The van der Waals surface area contributed by atoms with E-state index in [0.717, 1.165) is 48.7 Å². The van der Waals surface area contributed by atoms with Gasteiger partial charge >= 0.3 is 0 Å². The normalized spacial score (nSPS) is 14.6. The van der Waals surface area contributed by atoms with Gasteiger partial charge in [-0.2, -0.15) is 0 Å². The van der Waals surface area contributed by atoms with Crippen molar-refractivity contribution in [3.05, 3.63) is 42.2 Å². The first-order valence-corrected chi connectivity index (χ1v) is 9.64. The summed E-state index contributed by atoms with van der Waals surface area (Å²) >= 11 is 0. The first-order chi connectivity index (χ1) is 13.5. The maximum Gasteiger partial charge on any atom is 0.132 e. The van der Waals surface area contributed by atoms with Gasteiger partial charge in [0.1, 0.15) is 11.5 Å². The third kappa shape index (κ3) is 3.57. The van der Waals surface area contributed by atoms with Crippen molar-refractivity contribution in [3.63, 3.8) is 0 Å². The molecule has 2 N–H and O–H groups in total. The minimum Gasteiger partial charge on any atom is -0.383 e. The third-order valence-electron chi connectivity index (χ3n) is 5.12. The molecular formula is C21H26N6O. The predicted molar refractivity (Wildman–Crippen MR) is 111 cm³/mol. The van der Waals surface area contributed by atoms with Gasteiger partial charge in [0.25, 0.3) is 0 Å². The van der Waals surface area contributed by atoms with Crippen molar-refractivity contribution in [1.82, 2.24) is 20.0 Å². The Morgan fingerprint density at radius 1 is 1.11 bits per heavy atom. The average Bonchev–Trinajstić information content (AvgIpc) is 3.19. The Morgan fingerprint density at radius 2 is 1.89 bits per heavy atom. The molecule has 0 unspecified atom stereocenters. The van der Waals surface area contributed by atoms with Crippen LogP contribution in [0, 0.1) is 6.92 Å². The second-order valence-electron chi connectivity index (χ2n) is 7.44. The van der Waals surface area contributed by atoms with Crippen LogP contribution in [0.2, 0.25) is 0 Å². The standard InChI is InChI=1S/C21H26N6O/c1-14(2)27-13-19(24-25-27)18-11-17(12-23-21(18)22)16-4-5-20(15(3)10-16)26-6-8-28-9-7-26/h4-5,10-14H,6-9H2,1-3H3,(H2,22,23). The summed E-state index contributed by atoms with van der Waals surface area (Å²) in [4.78, 5) is 6.78. The summed E-state index contributed by atoms with van der Waals surface area (Å²) in [7, 11) is 0. The molecule has 1 aliphatic heterocycles. The molecule has 0 spiro atoms. The molecule has 4 rings (SSSR count). The summed E-state index contributed by atoms with van der Waals surface area (Å²) in [6.07, 6.45) is 3.73. The number of morpholine rings is 1. The van der Waals surface area contributed by atoms with Gasteiger partial charge in [-0.3, -0.25) is 0 Å². The van der Waals surface area contributed by atoms with Gasteiger partial charge in [-0.05, 0) is 50.1 Å². The molecule has 2 aromatic heterocycles. The van der Waals surface area contributed by atoms with Crippen LogP contribution in [0.3, 0.4) is 0 Å². The molecule has 0 aliphatic carbocycles. The number of nitrogens with two attached hydrogens (primary N) is 1. The average molecular weight is 378 g/mol. The number of benzene rings is 1. The van der Waals surface area contributed by atoms with Crippen LogP contribution in [0.4, 0.5) is 11.5 Å². The zero-order valence-corrected chi connectivity index (χ0v) is 16.6. The minimum absolute atomic E-state index is 0.244. The lowest BCUT2D eigenvalue weighted by molar-refractivity contribution is 0.122. The quantitative estimate of drug-likeness (QED) is 0.750. The van der Waals surface area contributed by atoms with Crippen LogP contribution in [-0.2, 0) is 4.74 Å². The van der Waals surface area contributed by atoms with Crippen LogP contribution in [-0.4, -0.2) is 46.3 Å². The van der Waals surface area contributed by atoms with E-state index in [1.54, 1.807) is 0 Å². The zero-order valence-electron chi connectivity index (χ0n) is 16.6. The Kier molecular flexibility index (Phi) is 5.00. The predicted octanol–water partition coefficient (Wildman–Crippen LogP) is 3.32. The molecule has 0 amide bonds. The van der Waals surface area contributed by atoms with Crippen LogP contribution in [0.25, 0.3) is 22.4 Å². The topological polar surface area (TPSA) is 82.1 Å². The summed E-state index contributed by atoms with van der Waals surface area (Å²) < 4.78 is 7.28. The molecule has 0 atom stereocenters. The fraction of sp³-hybridized carbons (Fsp3) is 0.381. The monoisotopic (exact) mass is 378 g/mol. The number of aromatic nitrogens is 4. The van der Waals surface area contributed by atoms with Crippen LogP contribution < -0.4 is 10.6 Å². The molecule has 146 valence electrons. The van der Waals surface area contributed by atoms with E-state index in [4.69, 9.17) is 10.5 Å². The van der Waals surface area contributed by atoms with E-state index in [0.29, 0.717) is 5.82 Å².